The molecule has 0 saturated heterocycles. The second-order valence-electron chi connectivity index (χ2n) is 3.81. The summed E-state index contributed by atoms with van der Waals surface area (Å²) >= 11 is 9.15. The van der Waals surface area contributed by atoms with Gasteiger partial charge in [0.05, 0.1) is 20.1 Å². The molecule has 0 aromatic heterocycles. The molecule has 6 nitrogen and oxygen atoms in total. The molecule has 0 bridgehead atoms. The minimum atomic E-state index is -0.530. The van der Waals surface area contributed by atoms with Crippen LogP contribution in [0.5, 0.6) is 0 Å². The van der Waals surface area contributed by atoms with Crippen molar-refractivity contribution in [2.75, 3.05) is 5.73 Å². The van der Waals surface area contributed by atoms with Crippen LogP contribution in [0.1, 0.15) is 0 Å². The summed E-state index contributed by atoms with van der Waals surface area (Å²) in [6.45, 7) is 0. The molecular weight excluding hydrogens is 348 g/mol. The summed E-state index contributed by atoms with van der Waals surface area (Å²) in [5.41, 5.74) is 6.99. The second kappa shape index (κ2) is 5.98. The van der Waals surface area contributed by atoms with Crippen molar-refractivity contribution in [1.29, 1.82) is 0 Å². The van der Waals surface area contributed by atoms with Gasteiger partial charge < -0.3 is 5.73 Å². The van der Waals surface area contributed by atoms with Crippen molar-refractivity contribution in [3.63, 3.8) is 0 Å². The highest BCUT2D eigenvalue weighted by atomic mass is 79.9. The van der Waals surface area contributed by atoms with Gasteiger partial charge in [0.25, 0.3) is 5.69 Å². The molecule has 0 unspecified atom stereocenters. The first-order valence-electron chi connectivity index (χ1n) is 5.38. The van der Waals surface area contributed by atoms with Crippen LogP contribution in [0.3, 0.4) is 0 Å². The zero-order valence-electron chi connectivity index (χ0n) is 9.96. The predicted molar refractivity (Wildman–Crippen MR) is 80.8 cm³/mol. The lowest BCUT2D eigenvalue weighted by Gasteiger charge is -2.01. The number of rotatable bonds is 3. The van der Waals surface area contributed by atoms with Crippen LogP contribution in [0.4, 0.5) is 22.7 Å². The normalized spacial score (nSPS) is 10.9. The molecule has 0 atom stereocenters. The van der Waals surface area contributed by atoms with Crippen LogP contribution in [0.2, 0.25) is 5.02 Å². The van der Waals surface area contributed by atoms with Crippen molar-refractivity contribution < 1.29 is 4.92 Å². The average Bonchev–Trinajstić information content (AvgIpc) is 2.39. The summed E-state index contributed by atoms with van der Waals surface area (Å²) in [5, 5.41) is 18.8. The van der Waals surface area contributed by atoms with Crippen molar-refractivity contribution in [3.05, 3.63) is 56.0 Å². The summed E-state index contributed by atoms with van der Waals surface area (Å²) < 4.78 is 0.399. The largest absolute Gasteiger partial charge is 0.399 e. The first-order valence-corrected chi connectivity index (χ1v) is 6.55. The number of nitro groups is 1. The van der Waals surface area contributed by atoms with Gasteiger partial charge in [0.2, 0.25) is 0 Å². The lowest BCUT2D eigenvalue weighted by molar-refractivity contribution is -0.384. The molecule has 2 N–H and O–H groups in total. The Morgan fingerprint density at radius 3 is 2.40 bits per heavy atom. The molecule has 0 spiro atoms. The number of hydrogen-bond donors (Lipinski definition) is 1. The van der Waals surface area contributed by atoms with Crippen LogP contribution in [0.25, 0.3) is 0 Å². The van der Waals surface area contributed by atoms with Gasteiger partial charge in [-0.3, -0.25) is 10.1 Å². The number of nitro benzene ring substituents is 1. The Morgan fingerprint density at radius 2 is 1.85 bits per heavy atom. The van der Waals surface area contributed by atoms with Crippen LogP contribution in [0.15, 0.2) is 51.1 Å². The summed E-state index contributed by atoms with van der Waals surface area (Å²) in [5.74, 6) is 0. The molecule has 2 rings (SSSR count). The van der Waals surface area contributed by atoms with E-state index < -0.39 is 4.92 Å². The minimum Gasteiger partial charge on any atom is -0.399 e. The minimum absolute atomic E-state index is 0.117. The topological polar surface area (TPSA) is 93.9 Å². The van der Waals surface area contributed by atoms with Gasteiger partial charge in [0.15, 0.2) is 0 Å². The zero-order valence-corrected chi connectivity index (χ0v) is 12.3. The number of nitrogens with zero attached hydrogens (tertiary/aromatic N) is 3. The predicted octanol–water partition coefficient (Wildman–Crippen LogP) is 5.01. The molecular formula is C12H8BrClN4O2. The Kier molecular flexibility index (Phi) is 4.31. The number of azo groups is 1. The monoisotopic (exact) mass is 354 g/mol. The molecule has 2 aromatic carbocycles. The molecule has 8 heteroatoms. The van der Waals surface area contributed by atoms with Crippen molar-refractivity contribution in [2.24, 2.45) is 10.2 Å². The van der Waals surface area contributed by atoms with E-state index in [0.717, 1.165) is 0 Å². The van der Waals surface area contributed by atoms with Gasteiger partial charge in [-0.25, -0.2) is 0 Å². The fraction of sp³-hybridized carbons (Fsp3) is 0. The van der Waals surface area contributed by atoms with E-state index in [4.69, 9.17) is 17.3 Å². The maximum Gasteiger partial charge on any atom is 0.272 e. The highest BCUT2D eigenvalue weighted by Gasteiger charge is 2.14. The Hall–Kier alpha value is -1.99. The Bertz CT molecular complexity index is 665. The summed E-state index contributed by atoms with van der Waals surface area (Å²) in [6.07, 6.45) is 0. The fourth-order valence-corrected chi connectivity index (χ4v) is 2.29. The Morgan fingerprint density at radius 1 is 1.20 bits per heavy atom. The second-order valence-corrected chi connectivity index (χ2v) is 5.07. The smallest absolute Gasteiger partial charge is 0.272 e. The highest BCUT2D eigenvalue weighted by molar-refractivity contribution is 9.10. The van der Waals surface area contributed by atoms with Crippen LogP contribution in [-0.2, 0) is 0 Å². The van der Waals surface area contributed by atoms with Gasteiger partial charge in [-0.05, 0) is 40.2 Å². The van der Waals surface area contributed by atoms with Gasteiger partial charge in [-0.1, -0.05) is 11.6 Å². The van der Waals surface area contributed by atoms with Gasteiger partial charge in [-0.2, -0.15) is 5.11 Å². The van der Waals surface area contributed by atoms with Gasteiger partial charge >= 0.3 is 0 Å². The number of non-ortho nitro benzene ring substituents is 1. The number of benzene rings is 2. The van der Waals surface area contributed by atoms with Crippen molar-refractivity contribution in [1.82, 2.24) is 0 Å². The number of nitrogen functional groups attached to an aromatic ring is 1. The van der Waals surface area contributed by atoms with Crippen LogP contribution in [0, 0.1) is 10.1 Å². The van der Waals surface area contributed by atoms with Crippen LogP contribution in [-0.4, -0.2) is 4.92 Å². The molecule has 0 radical (unpaired) electrons. The Labute approximate surface area is 127 Å². The van der Waals surface area contributed by atoms with Crippen molar-refractivity contribution in [2.45, 2.75) is 0 Å². The average molecular weight is 356 g/mol. The molecule has 0 aliphatic rings. The highest BCUT2D eigenvalue weighted by Crippen LogP contribution is 2.37. The standard InChI is InChI=1S/C12H8BrClN4O2/c13-10-5-9(18(19)20)6-11(14)12(10)17-16-8-3-1-7(15)2-4-8/h1-6H,15H2. The number of nitrogens with two attached hydrogens (primary N) is 1. The van der Waals surface area contributed by atoms with Gasteiger partial charge in [0.1, 0.15) is 5.69 Å². The van der Waals surface area contributed by atoms with E-state index in [1.807, 2.05) is 0 Å². The quantitative estimate of drug-likeness (QED) is 0.363. The molecule has 0 aliphatic carbocycles. The summed E-state index contributed by atoms with van der Waals surface area (Å²) in [7, 11) is 0. The lowest BCUT2D eigenvalue weighted by atomic mass is 10.3. The molecule has 0 heterocycles. The van der Waals surface area contributed by atoms with E-state index >= 15 is 0 Å². The molecule has 0 fully saturated rings. The van der Waals surface area contributed by atoms with E-state index in [1.54, 1.807) is 24.3 Å². The first kappa shape index (κ1) is 14.4. The maximum absolute atomic E-state index is 10.7. The molecule has 0 amide bonds. The van der Waals surface area contributed by atoms with Crippen LogP contribution < -0.4 is 5.73 Å². The van der Waals surface area contributed by atoms with Gasteiger partial charge in [-0.15, -0.1) is 5.11 Å². The third kappa shape index (κ3) is 3.31. The lowest BCUT2D eigenvalue weighted by Crippen LogP contribution is -1.87. The summed E-state index contributed by atoms with van der Waals surface area (Å²) in [4.78, 5) is 10.2. The van der Waals surface area contributed by atoms with Crippen molar-refractivity contribution >= 4 is 50.3 Å². The SMILES string of the molecule is Nc1ccc(N=Nc2c(Cl)cc([N+](=O)[O-])cc2Br)cc1. The molecule has 0 aliphatic heterocycles. The first-order chi connectivity index (χ1) is 9.47. The zero-order chi connectivity index (χ0) is 14.7. The van der Waals surface area contributed by atoms with E-state index in [2.05, 4.69) is 26.2 Å². The molecule has 20 heavy (non-hydrogen) atoms. The molecule has 102 valence electrons. The molecule has 0 saturated carbocycles. The van der Waals surface area contributed by atoms with E-state index in [0.29, 0.717) is 21.5 Å². The summed E-state index contributed by atoms with van der Waals surface area (Å²) in [6, 6.07) is 9.34. The Balaban J connectivity index is 2.34. The maximum atomic E-state index is 10.7. The van der Waals surface area contributed by atoms with Gasteiger partial charge in [0, 0.05) is 17.8 Å². The van der Waals surface area contributed by atoms with E-state index in [9.17, 15) is 10.1 Å². The third-order valence-electron chi connectivity index (χ3n) is 2.37. The fourth-order valence-electron chi connectivity index (χ4n) is 1.40. The number of halogens is 2. The van der Waals surface area contributed by atoms with Crippen LogP contribution >= 0.6 is 27.5 Å². The van der Waals surface area contributed by atoms with E-state index in [-0.39, 0.29) is 10.7 Å². The van der Waals surface area contributed by atoms with Crippen molar-refractivity contribution in [3.8, 4) is 0 Å². The number of hydrogen-bond acceptors (Lipinski definition) is 5. The van der Waals surface area contributed by atoms with E-state index in [1.165, 1.54) is 12.1 Å². The molecule has 2 aromatic rings. The number of anilines is 1. The third-order valence-corrected chi connectivity index (χ3v) is 3.26.